The first-order valence-corrected chi connectivity index (χ1v) is 8.01. The number of aliphatic carboxylic acids is 1. The van der Waals surface area contributed by atoms with Crippen LogP contribution in [0.5, 0.6) is 5.75 Å². The van der Waals surface area contributed by atoms with Gasteiger partial charge in [0.15, 0.2) is 12.3 Å². The third kappa shape index (κ3) is 4.82. The minimum Gasteiger partial charge on any atom is -0.482 e. The van der Waals surface area contributed by atoms with Gasteiger partial charge in [-0.3, -0.25) is 9.48 Å². The van der Waals surface area contributed by atoms with E-state index in [1.807, 2.05) is 13.1 Å². The first-order chi connectivity index (χ1) is 11.8. The fraction of sp³-hybridized carbons (Fsp3) is 0.389. The second-order valence-electron chi connectivity index (χ2n) is 6.22. The molecule has 0 saturated carbocycles. The standard InChI is InChI=1S/C18H23N3O4/c1-12(2)16-9-15(19-21(16)4)18(24)20(3)10-13-5-7-14(8-6-13)25-11-17(22)23/h5-9,12H,10-11H2,1-4H3,(H,22,23). The Balaban J connectivity index is 2.01. The summed E-state index contributed by atoms with van der Waals surface area (Å²) >= 11 is 0. The van der Waals surface area contributed by atoms with E-state index in [4.69, 9.17) is 9.84 Å². The number of amides is 1. The quantitative estimate of drug-likeness (QED) is 0.832. The number of hydrogen-bond acceptors (Lipinski definition) is 4. The van der Waals surface area contributed by atoms with E-state index in [0.717, 1.165) is 11.3 Å². The van der Waals surface area contributed by atoms with Crippen LogP contribution in [0.25, 0.3) is 0 Å². The fourth-order valence-corrected chi connectivity index (χ4v) is 2.50. The lowest BCUT2D eigenvalue weighted by Gasteiger charge is -2.16. The van der Waals surface area contributed by atoms with E-state index in [-0.39, 0.29) is 12.5 Å². The molecular formula is C18H23N3O4. The van der Waals surface area contributed by atoms with Crippen LogP contribution >= 0.6 is 0 Å². The van der Waals surface area contributed by atoms with Gasteiger partial charge in [0.2, 0.25) is 0 Å². The molecule has 0 radical (unpaired) electrons. The van der Waals surface area contributed by atoms with Crippen LogP contribution in [0.4, 0.5) is 0 Å². The van der Waals surface area contributed by atoms with Crippen LogP contribution in [0.2, 0.25) is 0 Å². The Morgan fingerprint density at radius 3 is 2.44 bits per heavy atom. The fourth-order valence-electron chi connectivity index (χ4n) is 2.50. The van der Waals surface area contributed by atoms with Crippen molar-refractivity contribution < 1.29 is 19.4 Å². The second kappa shape index (κ2) is 7.83. The number of carboxylic acids is 1. The average Bonchev–Trinajstić information content (AvgIpc) is 2.95. The Morgan fingerprint density at radius 1 is 1.28 bits per heavy atom. The lowest BCUT2D eigenvalue weighted by molar-refractivity contribution is -0.139. The van der Waals surface area contributed by atoms with Gasteiger partial charge in [0.05, 0.1) is 0 Å². The number of aryl methyl sites for hydroxylation is 1. The number of carbonyl (C=O) groups is 2. The van der Waals surface area contributed by atoms with E-state index in [1.165, 1.54) is 0 Å². The molecule has 1 aromatic carbocycles. The molecule has 25 heavy (non-hydrogen) atoms. The summed E-state index contributed by atoms with van der Waals surface area (Å²) in [7, 11) is 3.56. The molecular weight excluding hydrogens is 322 g/mol. The van der Waals surface area contributed by atoms with Crippen LogP contribution < -0.4 is 4.74 Å². The predicted molar refractivity (Wildman–Crippen MR) is 92.7 cm³/mol. The van der Waals surface area contributed by atoms with E-state index in [1.54, 1.807) is 40.9 Å². The summed E-state index contributed by atoms with van der Waals surface area (Å²) in [4.78, 5) is 24.6. The van der Waals surface area contributed by atoms with Gasteiger partial charge in [-0.15, -0.1) is 0 Å². The van der Waals surface area contributed by atoms with Crippen molar-refractivity contribution in [3.8, 4) is 5.75 Å². The summed E-state index contributed by atoms with van der Waals surface area (Å²) in [6, 6.07) is 8.81. The number of nitrogens with zero attached hydrogens (tertiary/aromatic N) is 3. The number of benzene rings is 1. The molecule has 7 nitrogen and oxygen atoms in total. The molecule has 0 unspecified atom stereocenters. The molecule has 2 rings (SSSR count). The highest BCUT2D eigenvalue weighted by Gasteiger charge is 2.18. The van der Waals surface area contributed by atoms with Gasteiger partial charge < -0.3 is 14.7 Å². The Morgan fingerprint density at radius 2 is 1.92 bits per heavy atom. The molecule has 1 aromatic heterocycles. The van der Waals surface area contributed by atoms with Gasteiger partial charge in [-0.1, -0.05) is 26.0 Å². The Labute approximate surface area is 146 Å². The van der Waals surface area contributed by atoms with Gasteiger partial charge in [0, 0.05) is 26.3 Å². The zero-order valence-corrected chi connectivity index (χ0v) is 14.9. The van der Waals surface area contributed by atoms with E-state index in [2.05, 4.69) is 18.9 Å². The topological polar surface area (TPSA) is 84.7 Å². The Kier molecular flexibility index (Phi) is 5.80. The maximum Gasteiger partial charge on any atom is 0.341 e. The number of aromatic nitrogens is 2. The smallest absolute Gasteiger partial charge is 0.341 e. The van der Waals surface area contributed by atoms with E-state index in [0.29, 0.717) is 23.9 Å². The molecule has 1 heterocycles. The summed E-state index contributed by atoms with van der Waals surface area (Å²) in [5, 5.41) is 12.9. The van der Waals surface area contributed by atoms with Gasteiger partial charge >= 0.3 is 5.97 Å². The summed E-state index contributed by atoms with van der Waals surface area (Å²) in [6.45, 7) is 4.16. The number of carbonyl (C=O) groups excluding carboxylic acids is 1. The molecule has 0 atom stereocenters. The Hall–Kier alpha value is -2.83. The van der Waals surface area contributed by atoms with Crippen LogP contribution in [-0.2, 0) is 18.4 Å². The summed E-state index contributed by atoms with van der Waals surface area (Å²) in [6.07, 6.45) is 0. The van der Waals surface area contributed by atoms with Crippen molar-refractivity contribution in [2.24, 2.45) is 7.05 Å². The molecule has 0 aliphatic carbocycles. The summed E-state index contributed by atoms with van der Waals surface area (Å²) in [5.41, 5.74) is 2.35. The first-order valence-electron chi connectivity index (χ1n) is 8.01. The van der Waals surface area contributed by atoms with Crippen LogP contribution in [-0.4, -0.2) is 45.3 Å². The predicted octanol–water partition coefficient (Wildman–Crippen LogP) is 2.28. The zero-order valence-electron chi connectivity index (χ0n) is 14.9. The SMILES string of the molecule is CC(C)c1cc(C(=O)N(C)Cc2ccc(OCC(=O)O)cc2)nn1C. The molecule has 1 N–H and O–H groups in total. The maximum atomic E-state index is 12.5. The molecule has 0 bridgehead atoms. The van der Waals surface area contributed by atoms with Gasteiger partial charge in [-0.05, 0) is 29.7 Å². The van der Waals surface area contributed by atoms with Crippen molar-refractivity contribution in [1.82, 2.24) is 14.7 Å². The molecule has 0 aliphatic heterocycles. The van der Waals surface area contributed by atoms with Crippen LogP contribution in [0.3, 0.4) is 0 Å². The van der Waals surface area contributed by atoms with Gasteiger partial charge in [-0.2, -0.15) is 5.10 Å². The third-order valence-corrected chi connectivity index (χ3v) is 3.78. The number of rotatable bonds is 7. The van der Waals surface area contributed by atoms with Crippen LogP contribution in [0, 0.1) is 0 Å². The lowest BCUT2D eigenvalue weighted by Crippen LogP contribution is -2.26. The van der Waals surface area contributed by atoms with Crippen molar-refractivity contribution in [3.63, 3.8) is 0 Å². The third-order valence-electron chi connectivity index (χ3n) is 3.78. The normalized spacial score (nSPS) is 10.8. The maximum absolute atomic E-state index is 12.5. The molecule has 1 amide bonds. The van der Waals surface area contributed by atoms with Crippen molar-refractivity contribution >= 4 is 11.9 Å². The molecule has 0 saturated heterocycles. The molecule has 7 heteroatoms. The number of hydrogen-bond donors (Lipinski definition) is 1. The minimum atomic E-state index is -1.02. The zero-order chi connectivity index (χ0) is 18.6. The van der Waals surface area contributed by atoms with Gasteiger partial charge in [0.1, 0.15) is 5.75 Å². The highest BCUT2D eigenvalue weighted by Crippen LogP contribution is 2.17. The van der Waals surface area contributed by atoms with Gasteiger partial charge in [-0.25, -0.2) is 4.79 Å². The molecule has 0 spiro atoms. The summed E-state index contributed by atoms with van der Waals surface area (Å²) in [5.74, 6) is -0.395. The second-order valence-corrected chi connectivity index (χ2v) is 6.22. The van der Waals surface area contributed by atoms with E-state index in [9.17, 15) is 9.59 Å². The van der Waals surface area contributed by atoms with E-state index >= 15 is 0 Å². The highest BCUT2D eigenvalue weighted by molar-refractivity contribution is 5.92. The number of carboxylic acid groups (broad SMARTS) is 1. The molecule has 0 aliphatic rings. The molecule has 0 fully saturated rings. The largest absolute Gasteiger partial charge is 0.482 e. The highest BCUT2D eigenvalue weighted by atomic mass is 16.5. The molecule has 2 aromatic rings. The monoisotopic (exact) mass is 345 g/mol. The van der Waals surface area contributed by atoms with Crippen molar-refractivity contribution in [2.75, 3.05) is 13.7 Å². The first kappa shape index (κ1) is 18.5. The van der Waals surface area contributed by atoms with Gasteiger partial charge in [0.25, 0.3) is 5.91 Å². The lowest BCUT2D eigenvalue weighted by atomic mass is 10.1. The minimum absolute atomic E-state index is 0.145. The average molecular weight is 345 g/mol. The Bertz CT molecular complexity index is 750. The van der Waals surface area contributed by atoms with Crippen molar-refractivity contribution in [1.29, 1.82) is 0 Å². The van der Waals surface area contributed by atoms with Crippen LogP contribution in [0.1, 0.15) is 41.5 Å². The number of ether oxygens (including phenoxy) is 1. The summed E-state index contributed by atoms with van der Waals surface area (Å²) < 4.78 is 6.83. The van der Waals surface area contributed by atoms with Crippen LogP contribution in [0.15, 0.2) is 30.3 Å². The van der Waals surface area contributed by atoms with Crippen molar-refractivity contribution in [2.45, 2.75) is 26.3 Å². The molecule has 134 valence electrons. The van der Waals surface area contributed by atoms with E-state index < -0.39 is 5.97 Å². The van der Waals surface area contributed by atoms with Crippen molar-refractivity contribution in [3.05, 3.63) is 47.3 Å².